The zero-order valence-corrected chi connectivity index (χ0v) is 14.1. The molecular formula is C20H23NO2. The van der Waals surface area contributed by atoms with E-state index in [4.69, 9.17) is 4.74 Å². The molecule has 0 saturated carbocycles. The van der Waals surface area contributed by atoms with Crippen molar-refractivity contribution in [2.24, 2.45) is 5.92 Å². The molecule has 1 aliphatic heterocycles. The van der Waals surface area contributed by atoms with Crippen LogP contribution in [0.2, 0.25) is 0 Å². The first-order valence-electron chi connectivity index (χ1n) is 7.92. The number of hydrogen-bond acceptors (Lipinski definition) is 2. The Morgan fingerprint density at radius 3 is 1.70 bits per heavy atom. The number of rotatable bonds is 3. The minimum atomic E-state index is -0.729. The van der Waals surface area contributed by atoms with Gasteiger partial charge in [0.05, 0.1) is 5.60 Å². The topological polar surface area (TPSA) is 29.5 Å². The van der Waals surface area contributed by atoms with Crippen molar-refractivity contribution in [3.05, 3.63) is 71.8 Å². The van der Waals surface area contributed by atoms with Crippen molar-refractivity contribution in [1.82, 2.24) is 4.90 Å². The normalized spacial score (nSPS) is 21.3. The lowest BCUT2D eigenvalue weighted by Crippen LogP contribution is -2.68. The Balaban J connectivity index is 2.20. The van der Waals surface area contributed by atoms with E-state index in [1.165, 1.54) is 0 Å². The number of carbonyl (C=O) groups is 1. The van der Waals surface area contributed by atoms with Crippen molar-refractivity contribution in [2.75, 3.05) is 14.1 Å². The predicted octanol–water partition coefficient (Wildman–Crippen LogP) is 3.44. The van der Waals surface area contributed by atoms with Crippen LogP contribution in [-0.2, 0) is 15.1 Å². The van der Waals surface area contributed by atoms with Crippen LogP contribution in [0.3, 0.4) is 0 Å². The van der Waals surface area contributed by atoms with Crippen LogP contribution >= 0.6 is 0 Å². The summed E-state index contributed by atoms with van der Waals surface area (Å²) in [5, 5.41) is 0. The zero-order chi connectivity index (χ0) is 16.7. The molecule has 120 valence electrons. The SMILES string of the molecule is CN(C)C(=O)C1C(C)(C)OC1(c1ccccc1)c1ccccc1. The summed E-state index contributed by atoms with van der Waals surface area (Å²) in [6, 6.07) is 20.1. The fourth-order valence-electron chi connectivity index (χ4n) is 3.68. The molecule has 0 N–H and O–H groups in total. The van der Waals surface area contributed by atoms with Crippen molar-refractivity contribution in [2.45, 2.75) is 25.0 Å². The van der Waals surface area contributed by atoms with E-state index < -0.39 is 11.2 Å². The summed E-state index contributed by atoms with van der Waals surface area (Å²) in [4.78, 5) is 14.6. The number of hydrogen-bond donors (Lipinski definition) is 0. The van der Waals surface area contributed by atoms with Gasteiger partial charge in [-0.3, -0.25) is 4.79 Å². The van der Waals surface area contributed by atoms with Crippen LogP contribution in [0.1, 0.15) is 25.0 Å². The van der Waals surface area contributed by atoms with Crippen LogP contribution in [0, 0.1) is 5.92 Å². The van der Waals surface area contributed by atoms with E-state index in [2.05, 4.69) is 0 Å². The molecule has 0 aliphatic carbocycles. The minimum Gasteiger partial charge on any atom is -0.358 e. The second-order valence-corrected chi connectivity index (χ2v) is 6.84. The van der Waals surface area contributed by atoms with Gasteiger partial charge in [0.25, 0.3) is 0 Å². The fourth-order valence-corrected chi connectivity index (χ4v) is 3.68. The maximum atomic E-state index is 12.9. The Hall–Kier alpha value is -2.13. The molecule has 2 aromatic rings. The van der Waals surface area contributed by atoms with Gasteiger partial charge in [0.2, 0.25) is 5.91 Å². The molecule has 0 radical (unpaired) electrons. The summed E-state index contributed by atoms with van der Waals surface area (Å²) < 4.78 is 6.42. The van der Waals surface area contributed by atoms with Gasteiger partial charge in [-0.05, 0) is 25.0 Å². The fraction of sp³-hybridized carbons (Fsp3) is 0.350. The molecule has 1 heterocycles. The quantitative estimate of drug-likeness (QED) is 0.869. The van der Waals surface area contributed by atoms with Gasteiger partial charge in [-0.1, -0.05) is 60.7 Å². The summed E-state index contributed by atoms with van der Waals surface area (Å²) >= 11 is 0. The smallest absolute Gasteiger partial charge is 0.231 e. The van der Waals surface area contributed by atoms with Gasteiger partial charge in [-0.25, -0.2) is 0 Å². The van der Waals surface area contributed by atoms with Crippen molar-refractivity contribution >= 4 is 5.91 Å². The van der Waals surface area contributed by atoms with Crippen molar-refractivity contribution in [3.63, 3.8) is 0 Å². The molecule has 0 spiro atoms. The monoisotopic (exact) mass is 309 g/mol. The largest absolute Gasteiger partial charge is 0.358 e. The molecule has 3 heteroatoms. The van der Waals surface area contributed by atoms with Gasteiger partial charge >= 0.3 is 0 Å². The Bertz CT molecular complexity index is 653. The molecule has 0 aromatic heterocycles. The van der Waals surface area contributed by atoms with Gasteiger partial charge in [0.15, 0.2) is 0 Å². The molecule has 1 amide bonds. The molecule has 1 aliphatic rings. The summed E-state index contributed by atoms with van der Waals surface area (Å²) in [5.41, 5.74) is 0.803. The van der Waals surface area contributed by atoms with Crippen LogP contribution in [0.15, 0.2) is 60.7 Å². The molecule has 1 unspecified atom stereocenters. The van der Waals surface area contributed by atoms with E-state index in [-0.39, 0.29) is 11.8 Å². The molecule has 3 nitrogen and oxygen atoms in total. The zero-order valence-electron chi connectivity index (χ0n) is 14.1. The third kappa shape index (κ3) is 2.36. The second-order valence-electron chi connectivity index (χ2n) is 6.84. The Labute approximate surface area is 137 Å². The van der Waals surface area contributed by atoms with Crippen LogP contribution in [0.5, 0.6) is 0 Å². The Morgan fingerprint density at radius 2 is 1.35 bits per heavy atom. The summed E-state index contributed by atoms with van der Waals surface area (Å²) in [6.45, 7) is 3.98. The first-order valence-corrected chi connectivity index (χ1v) is 7.92. The van der Waals surface area contributed by atoms with Crippen LogP contribution < -0.4 is 0 Å². The molecule has 23 heavy (non-hydrogen) atoms. The molecular weight excluding hydrogens is 286 g/mol. The van der Waals surface area contributed by atoms with E-state index in [1.807, 2.05) is 74.5 Å². The summed E-state index contributed by atoms with van der Waals surface area (Å²) in [6.07, 6.45) is 0. The minimum absolute atomic E-state index is 0.0916. The first-order chi connectivity index (χ1) is 10.9. The predicted molar refractivity (Wildman–Crippen MR) is 91.0 cm³/mol. The van der Waals surface area contributed by atoms with Gasteiger partial charge in [-0.2, -0.15) is 0 Å². The highest BCUT2D eigenvalue weighted by molar-refractivity contribution is 5.83. The van der Waals surface area contributed by atoms with Crippen molar-refractivity contribution in [3.8, 4) is 0 Å². The number of amides is 1. The van der Waals surface area contributed by atoms with Crippen LogP contribution in [0.25, 0.3) is 0 Å². The molecule has 1 atom stereocenters. The maximum absolute atomic E-state index is 12.9. The molecule has 0 bridgehead atoms. The Kier molecular flexibility index (Phi) is 3.77. The van der Waals surface area contributed by atoms with Crippen LogP contribution in [-0.4, -0.2) is 30.5 Å². The van der Waals surface area contributed by atoms with Gasteiger partial charge in [-0.15, -0.1) is 0 Å². The first kappa shape index (κ1) is 15.8. The van der Waals surface area contributed by atoms with Crippen molar-refractivity contribution in [1.29, 1.82) is 0 Å². The lowest BCUT2D eigenvalue weighted by atomic mass is 9.63. The summed E-state index contributed by atoms with van der Waals surface area (Å²) in [5.74, 6) is -0.177. The van der Waals surface area contributed by atoms with Gasteiger partial charge in [0, 0.05) is 14.1 Å². The number of benzene rings is 2. The average Bonchev–Trinajstić information content (AvgIpc) is 2.54. The lowest BCUT2D eigenvalue weighted by molar-refractivity contribution is -0.289. The second kappa shape index (κ2) is 5.50. The third-order valence-corrected chi connectivity index (χ3v) is 4.62. The average molecular weight is 309 g/mol. The van der Waals surface area contributed by atoms with Crippen LogP contribution in [0.4, 0.5) is 0 Å². The van der Waals surface area contributed by atoms with E-state index in [1.54, 1.807) is 19.0 Å². The summed E-state index contributed by atoms with van der Waals surface area (Å²) in [7, 11) is 3.61. The van der Waals surface area contributed by atoms with E-state index in [0.717, 1.165) is 11.1 Å². The van der Waals surface area contributed by atoms with E-state index in [9.17, 15) is 4.79 Å². The van der Waals surface area contributed by atoms with E-state index >= 15 is 0 Å². The van der Waals surface area contributed by atoms with E-state index in [0.29, 0.717) is 0 Å². The maximum Gasteiger partial charge on any atom is 0.231 e. The standard InChI is InChI=1S/C20H23NO2/c1-19(2)17(18(22)21(3)4)20(23-19,15-11-7-5-8-12-15)16-13-9-6-10-14-16/h5-14,17H,1-4H3. The molecule has 2 aromatic carbocycles. The highest BCUT2D eigenvalue weighted by Gasteiger charge is 2.65. The lowest BCUT2D eigenvalue weighted by Gasteiger charge is -2.60. The molecule has 1 fully saturated rings. The molecule has 1 saturated heterocycles. The molecule has 3 rings (SSSR count). The number of carbonyl (C=O) groups excluding carboxylic acids is 1. The number of nitrogens with zero attached hydrogens (tertiary/aromatic N) is 1. The van der Waals surface area contributed by atoms with Crippen molar-refractivity contribution < 1.29 is 9.53 Å². The highest BCUT2D eigenvalue weighted by atomic mass is 16.6. The number of ether oxygens (including phenoxy) is 1. The third-order valence-electron chi connectivity index (χ3n) is 4.62. The van der Waals surface area contributed by atoms with Gasteiger partial charge in [0.1, 0.15) is 11.5 Å². The van der Waals surface area contributed by atoms with Gasteiger partial charge < -0.3 is 9.64 Å². The Morgan fingerprint density at radius 1 is 0.913 bits per heavy atom. The highest BCUT2D eigenvalue weighted by Crippen LogP contribution is 2.57.